The number of nitrogens with one attached hydrogen (secondary N) is 1. The van der Waals surface area contributed by atoms with Crippen molar-refractivity contribution in [2.45, 2.75) is 26.7 Å². The molecule has 0 unspecified atom stereocenters. The van der Waals surface area contributed by atoms with Gasteiger partial charge in [-0.1, -0.05) is 13.3 Å². The van der Waals surface area contributed by atoms with Crippen molar-refractivity contribution in [1.82, 2.24) is 9.97 Å². The molecule has 0 fully saturated rings. The third kappa shape index (κ3) is 3.48. The van der Waals surface area contributed by atoms with E-state index in [9.17, 15) is 4.39 Å². The van der Waals surface area contributed by atoms with Crippen LogP contribution in [-0.4, -0.2) is 23.6 Å². The minimum absolute atomic E-state index is 0.239. The monoisotopic (exact) mass is 288 g/mol. The lowest BCUT2D eigenvalue weighted by Crippen LogP contribution is -2.16. The molecule has 21 heavy (non-hydrogen) atoms. The predicted octanol–water partition coefficient (Wildman–Crippen LogP) is 3.77. The van der Waals surface area contributed by atoms with Crippen LogP contribution in [0, 0.1) is 5.82 Å². The summed E-state index contributed by atoms with van der Waals surface area (Å²) in [6.45, 7) is 4.99. The van der Waals surface area contributed by atoms with E-state index in [1.54, 1.807) is 18.5 Å². The summed E-state index contributed by atoms with van der Waals surface area (Å²) in [5.74, 6) is 1.49. The van der Waals surface area contributed by atoms with Gasteiger partial charge in [0.15, 0.2) is 0 Å². The molecule has 1 N–H and O–H groups in total. The molecule has 0 bridgehead atoms. The number of hydrogen-bond donors (Lipinski definition) is 1. The average molecular weight is 288 g/mol. The van der Waals surface area contributed by atoms with Gasteiger partial charge in [-0.15, -0.1) is 0 Å². The summed E-state index contributed by atoms with van der Waals surface area (Å²) < 4.78 is 13.1. The molecule has 0 aliphatic heterocycles. The van der Waals surface area contributed by atoms with E-state index < -0.39 is 0 Å². The van der Waals surface area contributed by atoms with Crippen molar-refractivity contribution in [2.24, 2.45) is 0 Å². The van der Waals surface area contributed by atoms with Crippen LogP contribution in [0.4, 0.5) is 21.7 Å². The van der Waals surface area contributed by atoms with Crippen molar-refractivity contribution in [3.8, 4) is 0 Å². The third-order valence-electron chi connectivity index (χ3n) is 3.30. The summed E-state index contributed by atoms with van der Waals surface area (Å²) in [6.07, 6.45) is 3.46. The van der Waals surface area contributed by atoms with Crippen molar-refractivity contribution in [1.29, 1.82) is 0 Å². The molecule has 0 aliphatic rings. The Morgan fingerprint density at radius 2 is 1.86 bits per heavy atom. The van der Waals surface area contributed by atoms with E-state index in [1.807, 2.05) is 18.9 Å². The molecule has 0 amide bonds. The Labute approximate surface area is 125 Å². The second-order valence-electron chi connectivity index (χ2n) is 4.84. The van der Waals surface area contributed by atoms with E-state index in [-0.39, 0.29) is 5.82 Å². The molecule has 112 valence electrons. The average Bonchev–Trinajstić information content (AvgIpc) is 2.49. The molecule has 2 rings (SSSR count). The quantitative estimate of drug-likeness (QED) is 0.878. The smallest absolute Gasteiger partial charge is 0.141 e. The fraction of sp³-hybridized carbons (Fsp3) is 0.375. The van der Waals surface area contributed by atoms with Crippen molar-refractivity contribution in [2.75, 3.05) is 23.8 Å². The van der Waals surface area contributed by atoms with Crippen molar-refractivity contribution in [3.63, 3.8) is 0 Å². The Bertz CT molecular complexity index is 583. The van der Waals surface area contributed by atoms with Crippen LogP contribution in [-0.2, 0) is 6.42 Å². The van der Waals surface area contributed by atoms with Crippen LogP contribution < -0.4 is 10.2 Å². The standard InChI is InChI=1S/C16H21FN4/c1-4-6-14-15(18-5-2)19-11-20-16(14)21(3)13-9-7-12(17)8-10-13/h7-11H,4-6H2,1-3H3,(H,18,19,20). The Kier molecular flexibility index (Phi) is 5.09. The molecular weight excluding hydrogens is 267 g/mol. The van der Waals surface area contributed by atoms with Crippen LogP contribution in [0.3, 0.4) is 0 Å². The maximum Gasteiger partial charge on any atom is 0.141 e. The second-order valence-corrected chi connectivity index (χ2v) is 4.84. The first kappa shape index (κ1) is 15.2. The highest BCUT2D eigenvalue weighted by atomic mass is 19.1. The van der Waals surface area contributed by atoms with Gasteiger partial charge >= 0.3 is 0 Å². The third-order valence-corrected chi connectivity index (χ3v) is 3.30. The highest BCUT2D eigenvalue weighted by molar-refractivity contribution is 5.66. The highest BCUT2D eigenvalue weighted by Crippen LogP contribution is 2.29. The van der Waals surface area contributed by atoms with E-state index in [4.69, 9.17) is 0 Å². The number of aromatic nitrogens is 2. The number of rotatable bonds is 6. The summed E-state index contributed by atoms with van der Waals surface area (Å²) in [5.41, 5.74) is 1.99. The van der Waals surface area contributed by atoms with Gasteiger partial charge in [-0.25, -0.2) is 14.4 Å². The van der Waals surface area contributed by atoms with Crippen LogP contribution in [0.5, 0.6) is 0 Å². The number of halogens is 1. The van der Waals surface area contributed by atoms with E-state index >= 15 is 0 Å². The zero-order chi connectivity index (χ0) is 15.2. The molecule has 5 heteroatoms. The second kappa shape index (κ2) is 7.02. The Morgan fingerprint density at radius 3 is 2.48 bits per heavy atom. The number of nitrogens with zero attached hydrogens (tertiary/aromatic N) is 3. The molecule has 2 aromatic rings. The number of hydrogen-bond acceptors (Lipinski definition) is 4. The molecule has 4 nitrogen and oxygen atoms in total. The molecule has 1 aromatic heterocycles. The van der Waals surface area contributed by atoms with Gasteiger partial charge in [0.1, 0.15) is 23.8 Å². The van der Waals surface area contributed by atoms with Gasteiger partial charge in [-0.3, -0.25) is 0 Å². The molecular formula is C16H21FN4. The minimum Gasteiger partial charge on any atom is -0.370 e. The van der Waals surface area contributed by atoms with E-state index in [0.717, 1.165) is 42.3 Å². The van der Waals surface area contributed by atoms with Crippen LogP contribution in [0.15, 0.2) is 30.6 Å². The van der Waals surface area contributed by atoms with Gasteiger partial charge in [0.25, 0.3) is 0 Å². The van der Waals surface area contributed by atoms with E-state index in [1.165, 1.54) is 12.1 Å². The first-order valence-corrected chi connectivity index (χ1v) is 7.24. The first-order valence-electron chi connectivity index (χ1n) is 7.24. The SMILES string of the molecule is CCCc1c(NCC)ncnc1N(C)c1ccc(F)cc1. The molecule has 1 aromatic carbocycles. The van der Waals surface area contributed by atoms with Crippen molar-refractivity contribution in [3.05, 3.63) is 42.0 Å². The minimum atomic E-state index is -0.239. The lowest BCUT2D eigenvalue weighted by atomic mass is 10.1. The molecule has 0 saturated carbocycles. The summed E-state index contributed by atoms with van der Waals surface area (Å²) in [5, 5.41) is 3.28. The summed E-state index contributed by atoms with van der Waals surface area (Å²) in [6, 6.07) is 6.41. The van der Waals surface area contributed by atoms with Gasteiger partial charge in [0.05, 0.1) is 0 Å². The Morgan fingerprint density at radius 1 is 1.14 bits per heavy atom. The predicted molar refractivity (Wildman–Crippen MR) is 84.7 cm³/mol. The van der Waals surface area contributed by atoms with Crippen molar-refractivity contribution < 1.29 is 4.39 Å². The van der Waals surface area contributed by atoms with Gasteiger partial charge in [0, 0.05) is 24.8 Å². The Balaban J connectivity index is 2.41. The Hall–Kier alpha value is -2.17. The summed E-state index contributed by atoms with van der Waals surface area (Å²) >= 11 is 0. The zero-order valence-electron chi connectivity index (χ0n) is 12.7. The molecule has 0 atom stereocenters. The lowest BCUT2D eigenvalue weighted by Gasteiger charge is -2.22. The van der Waals surface area contributed by atoms with Crippen LogP contribution >= 0.6 is 0 Å². The number of anilines is 3. The fourth-order valence-electron chi connectivity index (χ4n) is 2.28. The molecule has 0 saturated heterocycles. The zero-order valence-corrected chi connectivity index (χ0v) is 12.7. The van der Waals surface area contributed by atoms with Crippen molar-refractivity contribution >= 4 is 17.3 Å². The first-order chi connectivity index (χ1) is 10.2. The molecule has 0 spiro atoms. The maximum absolute atomic E-state index is 13.1. The van der Waals surface area contributed by atoms with Gasteiger partial charge in [0.2, 0.25) is 0 Å². The lowest BCUT2D eigenvalue weighted by molar-refractivity contribution is 0.628. The highest BCUT2D eigenvalue weighted by Gasteiger charge is 2.15. The summed E-state index contributed by atoms with van der Waals surface area (Å²) in [7, 11) is 1.93. The van der Waals surface area contributed by atoms with Crippen LogP contribution in [0.25, 0.3) is 0 Å². The normalized spacial score (nSPS) is 10.5. The van der Waals surface area contributed by atoms with Gasteiger partial charge in [-0.05, 0) is 37.6 Å². The molecule has 0 aliphatic carbocycles. The summed E-state index contributed by atoms with van der Waals surface area (Å²) in [4.78, 5) is 10.7. The largest absolute Gasteiger partial charge is 0.370 e. The topological polar surface area (TPSA) is 41.1 Å². The maximum atomic E-state index is 13.1. The van der Waals surface area contributed by atoms with Gasteiger partial charge < -0.3 is 10.2 Å². The van der Waals surface area contributed by atoms with Crippen LogP contribution in [0.2, 0.25) is 0 Å². The fourth-order valence-corrected chi connectivity index (χ4v) is 2.28. The van der Waals surface area contributed by atoms with Crippen LogP contribution in [0.1, 0.15) is 25.8 Å². The molecule has 0 radical (unpaired) electrons. The van der Waals surface area contributed by atoms with E-state index in [2.05, 4.69) is 22.2 Å². The van der Waals surface area contributed by atoms with E-state index in [0.29, 0.717) is 0 Å². The number of benzene rings is 1. The van der Waals surface area contributed by atoms with Gasteiger partial charge in [-0.2, -0.15) is 0 Å². The molecule has 1 heterocycles.